The molecule has 0 bridgehead atoms. The Kier molecular flexibility index (Phi) is 9.35. The van der Waals surface area contributed by atoms with E-state index in [0.29, 0.717) is 24.3 Å². The lowest BCUT2D eigenvalue weighted by Crippen LogP contribution is -2.54. The van der Waals surface area contributed by atoms with Crippen LogP contribution in [0.3, 0.4) is 0 Å². The topological polar surface area (TPSA) is 65.1 Å². The first-order valence-corrected chi connectivity index (χ1v) is 15.9. The van der Waals surface area contributed by atoms with Gasteiger partial charge >= 0.3 is 12.1 Å². The lowest BCUT2D eigenvalue weighted by atomic mass is 9.81. The van der Waals surface area contributed by atoms with Crippen LogP contribution in [0.2, 0.25) is 0 Å². The number of ether oxygens (including phenoxy) is 1. The van der Waals surface area contributed by atoms with Crippen molar-refractivity contribution in [2.75, 3.05) is 26.7 Å². The summed E-state index contributed by atoms with van der Waals surface area (Å²) in [5.41, 5.74) is 2.43. The van der Waals surface area contributed by atoms with E-state index < -0.39 is 23.7 Å². The van der Waals surface area contributed by atoms with Gasteiger partial charge in [0.25, 0.3) is 0 Å². The van der Waals surface area contributed by atoms with E-state index in [1.165, 1.54) is 18.2 Å². The predicted molar refractivity (Wildman–Crippen MR) is 170 cm³/mol. The highest BCUT2D eigenvalue weighted by atomic mass is 19.2. The van der Waals surface area contributed by atoms with Crippen LogP contribution in [0.4, 0.5) is 22.8 Å². The van der Waals surface area contributed by atoms with Crippen molar-refractivity contribution in [3.8, 4) is 5.75 Å². The van der Waals surface area contributed by atoms with E-state index in [9.17, 15) is 22.8 Å². The second-order valence-corrected chi connectivity index (χ2v) is 12.4. The highest BCUT2D eigenvalue weighted by Crippen LogP contribution is 2.40. The monoisotopic (exact) mass is 632 g/mol. The molecule has 242 valence electrons. The standard InChI is InChI=1S/C36H39F3N4O3/c1-23(24-6-4-3-5-7-24)42-19-17-33(26-10-15-31(38)32(39)20-26)43(36(42)45)35(44)40-28-16-18-41(22-28)29-12-8-25(9-13-29)30-14-11-27(37)21-34(30)46-2/h3-7,10-11,14-15,17,20-21,23,25,28-29H,8-9,12-13,16,18-19,22H2,1-2H3,(H,40,44)/t23-,25?,28-,29?/m1/s1. The molecule has 10 heteroatoms. The van der Waals surface area contributed by atoms with Gasteiger partial charge in [-0.25, -0.2) is 27.7 Å². The van der Waals surface area contributed by atoms with E-state index in [-0.39, 0.29) is 35.7 Å². The van der Waals surface area contributed by atoms with Gasteiger partial charge in [-0.05, 0) is 86.4 Å². The minimum Gasteiger partial charge on any atom is -0.496 e. The third kappa shape index (κ3) is 6.49. The number of rotatable bonds is 7. The highest BCUT2D eigenvalue weighted by molar-refractivity contribution is 6.04. The first-order chi connectivity index (χ1) is 22.2. The molecule has 0 aromatic heterocycles. The molecule has 2 fully saturated rings. The second kappa shape index (κ2) is 13.6. The Bertz CT molecular complexity index is 1610. The van der Waals surface area contributed by atoms with Crippen LogP contribution in [-0.2, 0) is 0 Å². The van der Waals surface area contributed by atoms with Gasteiger partial charge in [0.05, 0.1) is 18.8 Å². The van der Waals surface area contributed by atoms with Crippen molar-refractivity contribution in [2.45, 2.75) is 63.1 Å². The summed E-state index contributed by atoms with van der Waals surface area (Å²) in [6.07, 6.45) is 6.31. The number of carbonyl (C=O) groups excluding carboxylic acids is 2. The van der Waals surface area contributed by atoms with Gasteiger partial charge in [-0.2, -0.15) is 0 Å². The lowest BCUT2D eigenvalue weighted by molar-refractivity contribution is 0.154. The Morgan fingerprint density at radius 1 is 0.935 bits per heavy atom. The minimum atomic E-state index is -1.05. The number of imide groups is 1. The van der Waals surface area contributed by atoms with Crippen LogP contribution in [0.5, 0.6) is 5.75 Å². The molecule has 4 amide bonds. The molecule has 1 aliphatic carbocycles. The number of amides is 4. The Morgan fingerprint density at radius 2 is 1.70 bits per heavy atom. The number of hydrogen-bond donors (Lipinski definition) is 1. The molecule has 46 heavy (non-hydrogen) atoms. The van der Waals surface area contributed by atoms with Gasteiger partial charge in [-0.15, -0.1) is 0 Å². The molecule has 2 heterocycles. The predicted octanol–water partition coefficient (Wildman–Crippen LogP) is 7.46. The zero-order valence-corrected chi connectivity index (χ0v) is 26.1. The Hall–Kier alpha value is -4.31. The molecule has 6 rings (SSSR count). The van der Waals surface area contributed by atoms with Crippen molar-refractivity contribution >= 4 is 17.8 Å². The van der Waals surface area contributed by atoms with Crippen LogP contribution in [0.25, 0.3) is 5.70 Å². The first kappa shape index (κ1) is 31.7. The summed E-state index contributed by atoms with van der Waals surface area (Å²) in [6.45, 7) is 3.57. The number of urea groups is 2. The quantitative estimate of drug-likeness (QED) is 0.294. The largest absolute Gasteiger partial charge is 0.496 e. The van der Waals surface area contributed by atoms with Crippen LogP contribution in [0.15, 0.2) is 72.8 Å². The van der Waals surface area contributed by atoms with E-state index >= 15 is 0 Å². The molecule has 1 N–H and O–H groups in total. The Balaban J connectivity index is 1.13. The Morgan fingerprint density at radius 3 is 2.41 bits per heavy atom. The third-order valence-electron chi connectivity index (χ3n) is 9.72. The van der Waals surface area contributed by atoms with Crippen molar-refractivity contribution in [1.82, 2.24) is 20.0 Å². The van der Waals surface area contributed by atoms with E-state index in [2.05, 4.69) is 10.2 Å². The van der Waals surface area contributed by atoms with Gasteiger partial charge in [0.1, 0.15) is 11.6 Å². The molecule has 3 aromatic rings. The summed E-state index contributed by atoms with van der Waals surface area (Å²) in [5, 5.41) is 3.07. The molecule has 3 aromatic carbocycles. The molecule has 0 spiro atoms. The molecule has 2 aliphatic heterocycles. The summed E-state index contributed by atoms with van der Waals surface area (Å²) in [5.74, 6) is -1.47. The molecule has 1 saturated carbocycles. The molecule has 7 nitrogen and oxygen atoms in total. The molecule has 2 atom stereocenters. The summed E-state index contributed by atoms with van der Waals surface area (Å²) in [4.78, 5) is 32.9. The number of methoxy groups -OCH3 is 1. The molecule has 1 saturated heterocycles. The van der Waals surface area contributed by atoms with Gasteiger partial charge < -0.3 is 15.0 Å². The number of benzene rings is 3. The van der Waals surface area contributed by atoms with Gasteiger partial charge in [0.2, 0.25) is 0 Å². The van der Waals surface area contributed by atoms with Gasteiger partial charge in [-0.1, -0.05) is 36.4 Å². The zero-order chi connectivity index (χ0) is 32.4. The Labute approximate surface area is 267 Å². The number of nitrogens with zero attached hydrogens (tertiary/aromatic N) is 3. The van der Waals surface area contributed by atoms with E-state index in [0.717, 1.165) is 66.8 Å². The van der Waals surface area contributed by atoms with Crippen LogP contribution in [0, 0.1) is 17.5 Å². The maximum Gasteiger partial charge on any atom is 0.333 e. The van der Waals surface area contributed by atoms with E-state index in [4.69, 9.17) is 4.74 Å². The highest BCUT2D eigenvalue weighted by Gasteiger charge is 2.39. The summed E-state index contributed by atoms with van der Waals surface area (Å²) < 4.78 is 47.2. The molecular formula is C36H39F3N4O3. The maximum atomic E-state index is 14.3. The molecule has 0 unspecified atom stereocenters. The number of likely N-dealkylation sites (tertiary alicyclic amines) is 1. The number of nitrogens with one attached hydrogen (secondary N) is 1. The maximum absolute atomic E-state index is 14.3. The minimum absolute atomic E-state index is 0.177. The van der Waals surface area contributed by atoms with E-state index in [1.807, 2.05) is 43.3 Å². The fourth-order valence-corrected chi connectivity index (χ4v) is 7.17. The lowest BCUT2D eigenvalue weighted by Gasteiger charge is -2.38. The average Bonchev–Trinajstić information content (AvgIpc) is 3.54. The molecule has 3 aliphatic rings. The summed E-state index contributed by atoms with van der Waals surface area (Å²) in [7, 11) is 1.57. The van der Waals surface area contributed by atoms with Gasteiger partial charge in [-0.3, -0.25) is 4.90 Å². The number of carbonyl (C=O) groups is 2. The average molecular weight is 633 g/mol. The summed E-state index contributed by atoms with van der Waals surface area (Å²) >= 11 is 0. The van der Waals surface area contributed by atoms with Crippen molar-refractivity contribution < 1.29 is 27.5 Å². The van der Waals surface area contributed by atoms with Gasteiger partial charge in [0.15, 0.2) is 11.6 Å². The second-order valence-electron chi connectivity index (χ2n) is 12.4. The zero-order valence-electron chi connectivity index (χ0n) is 26.1. The number of hydrogen-bond acceptors (Lipinski definition) is 4. The number of halogens is 3. The van der Waals surface area contributed by atoms with Crippen LogP contribution >= 0.6 is 0 Å². The van der Waals surface area contributed by atoms with Crippen molar-refractivity contribution in [3.63, 3.8) is 0 Å². The summed E-state index contributed by atoms with van der Waals surface area (Å²) in [6, 6.07) is 16.4. The van der Waals surface area contributed by atoms with Gasteiger partial charge in [0, 0.05) is 43.3 Å². The third-order valence-corrected chi connectivity index (χ3v) is 9.72. The first-order valence-electron chi connectivity index (χ1n) is 15.9. The van der Waals surface area contributed by atoms with Crippen LogP contribution < -0.4 is 10.1 Å². The van der Waals surface area contributed by atoms with Crippen LogP contribution in [0.1, 0.15) is 67.7 Å². The van der Waals surface area contributed by atoms with Crippen molar-refractivity contribution in [3.05, 3.63) is 107 Å². The van der Waals surface area contributed by atoms with Crippen molar-refractivity contribution in [2.24, 2.45) is 0 Å². The van der Waals surface area contributed by atoms with Crippen molar-refractivity contribution in [1.29, 1.82) is 0 Å². The SMILES string of the molecule is COc1cc(F)ccc1C1CCC(N2CC[C@@H](NC(=O)N3C(=O)N([C@H](C)c4ccccc4)CC=C3c3ccc(F)c(F)c3)C2)CC1. The smallest absolute Gasteiger partial charge is 0.333 e. The molecular weight excluding hydrogens is 593 g/mol. The fraction of sp³-hybridized carbons (Fsp3) is 0.389. The normalized spacial score (nSPS) is 22.8. The van der Waals surface area contributed by atoms with Crippen LogP contribution in [-0.4, -0.2) is 65.6 Å². The fourth-order valence-electron chi connectivity index (χ4n) is 7.17. The van der Waals surface area contributed by atoms with E-state index in [1.54, 1.807) is 18.1 Å². The molecule has 0 radical (unpaired) electrons.